The fraction of sp³-hybridized carbons (Fsp3) is 0.273. The van der Waals surface area contributed by atoms with Crippen LogP contribution in [0, 0.1) is 5.41 Å². The molecule has 1 amide bonds. The molecule has 3 N–H and O–H groups in total. The number of hydrogen-bond donors (Lipinski definition) is 3. The van der Waals surface area contributed by atoms with Gasteiger partial charge in [0.2, 0.25) is 5.91 Å². The van der Waals surface area contributed by atoms with E-state index in [2.05, 4.69) is 10.6 Å². The maximum absolute atomic E-state index is 12.9. The molecular formula is C22H24N2O4. The maximum atomic E-state index is 12.9. The number of benzene rings is 2. The monoisotopic (exact) mass is 380 g/mol. The Labute approximate surface area is 163 Å². The molecule has 28 heavy (non-hydrogen) atoms. The van der Waals surface area contributed by atoms with Gasteiger partial charge in [0.25, 0.3) is 0 Å². The van der Waals surface area contributed by atoms with E-state index in [9.17, 15) is 9.59 Å². The number of anilines is 2. The summed E-state index contributed by atoms with van der Waals surface area (Å²) in [5.74, 6) is 0.236. The van der Waals surface area contributed by atoms with Crippen molar-refractivity contribution in [2.75, 3.05) is 23.8 Å². The first-order chi connectivity index (χ1) is 13.3. The van der Waals surface area contributed by atoms with Crippen molar-refractivity contribution in [1.29, 1.82) is 0 Å². The van der Waals surface area contributed by atoms with Crippen molar-refractivity contribution in [2.45, 2.75) is 20.8 Å². The van der Waals surface area contributed by atoms with E-state index >= 15 is 0 Å². The molecule has 2 aromatic carbocycles. The molecule has 0 aliphatic rings. The third-order valence-corrected chi connectivity index (χ3v) is 4.30. The van der Waals surface area contributed by atoms with Crippen LogP contribution in [0.3, 0.4) is 0 Å². The summed E-state index contributed by atoms with van der Waals surface area (Å²) in [5.41, 5.74) is 1.49. The van der Waals surface area contributed by atoms with Gasteiger partial charge in [0.1, 0.15) is 11.3 Å². The Morgan fingerprint density at radius 1 is 1.07 bits per heavy atom. The molecule has 0 fully saturated rings. The fourth-order valence-corrected chi connectivity index (χ4v) is 2.80. The zero-order valence-corrected chi connectivity index (χ0v) is 16.2. The van der Waals surface area contributed by atoms with Gasteiger partial charge in [-0.3, -0.25) is 9.59 Å². The highest BCUT2D eigenvalue weighted by Gasteiger charge is 2.22. The van der Waals surface area contributed by atoms with Crippen molar-refractivity contribution in [3.05, 3.63) is 58.8 Å². The predicted octanol–water partition coefficient (Wildman–Crippen LogP) is 3.85. The first kappa shape index (κ1) is 19.6. The number of fused-ring (bicyclic) bond motifs is 1. The molecule has 1 heterocycles. The van der Waals surface area contributed by atoms with Crippen molar-refractivity contribution >= 4 is 28.3 Å². The van der Waals surface area contributed by atoms with Crippen LogP contribution >= 0.6 is 0 Å². The van der Waals surface area contributed by atoms with Gasteiger partial charge in [-0.15, -0.1) is 0 Å². The number of carbonyl (C=O) groups is 1. The molecule has 0 bridgehead atoms. The van der Waals surface area contributed by atoms with Crippen molar-refractivity contribution < 1.29 is 14.3 Å². The highest BCUT2D eigenvalue weighted by atomic mass is 16.3. The molecular weight excluding hydrogens is 356 g/mol. The van der Waals surface area contributed by atoms with E-state index in [1.54, 1.807) is 18.2 Å². The Balaban J connectivity index is 2.09. The highest BCUT2D eigenvalue weighted by molar-refractivity contribution is 6.02. The lowest BCUT2D eigenvalue weighted by Gasteiger charge is -2.18. The van der Waals surface area contributed by atoms with Gasteiger partial charge in [0, 0.05) is 29.3 Å². The minimum Gasteiger partial charge on any atom is -0.456 e. The van der Waals surface area contributed by atoms with Crippen LogP contribution in [0.2, 0.25) is 0 Å². The van der Waals surface area contributed by atoms with Crippen molar-refractivity contribution in [2.24, 2.45) is 5.41 Å². The Morgan fingerprint density at radius 3 is 2.50 bits per heavy atom. The van der Waals surface area contributed by atoms with Crippen LogP contribution < -0.4 is 16.1 Å². The zero-order valence-electron chi connectivity index (χ0n) is 16.2. The van der Waals surface area contributed by atoms with Crippen LogP contribution in [0.5, 0.6) is 0 Å². The number of amides is 1. The lowest BCUT2D eigenvalue weighted by atomic mass is 9.95. The Bertz CT molecular complexity index is 1060. The molecule has 0 aliphatic heterocycles. The largest absolute Gasteiger partial charge is 0.456 e. The normalized spacial score (nSPS) is 11.4. The van der Waals surface area contributed by atoms with Crippen molar-refractivity contribution in [3.63, 3.8) is 0 Å². The van der Waals surface area contributed by atoms with E-state index in [1.807, 2.05) is 45.0 Å². The lowest BCUT2D eigenvalue weighted by Crippen LogP contribution is -2.28. The second kappa shape index (κ2) is 7.86. The van der Waals surface area contributed by atoms with E-state index in [1.165, 1.54) is 6.07 Å². The molecule has 3 rings (SSSR count). The maximum Gasteiger partial charge on any atom is 0.229 e. The Hall–Kier alpha value is -3.12. The van der Waals surface area contributed by atoms with Crippen LogP contribution in [-0.2, 0) is 4.79 Å². The summed E-state index contributed by atoms with van der Waals surface area (Å²) in [4.78, 5) is 25.2. The summed E-state index contributed by atoms with van der Waals surface area (Å²) in [5, 5.41) is 15.3. The van der Waals surface area contributed by atoms with Crippen LogP contribution in [0.15, 0.2) is 57.7 Å². The van der Waals surface area contributed by atoms with Crippen LogP contribution in [-0.4, -0.2) is 24.2 Å². The third kappa shape index (κ3) is 4.07. The molecule has 0 atom stereocenters. The molecule has 6 heteroatoms. The van der Waals surface area contributed by atoms with E-state index < -0.39 is 5.41 Å². The summed E-state index contributed by atoms with van der Waals surface area (Å²) in [7, 11) is 0. The topological polar surface area (TPSA) is 91.6 Å². The number of rotatable bonds is 5. The summed E-state index contributed by atoms with van der Waals surface area (Å²) >= 11 is 0. The van der Waals surface area contributed by atoms with Gasteiger partial charge in [-0.2, -0.15) is 0 Å². The summed E-state index contributed by atoms with van der Waals surface area (Å²) in [6.45, 7) is 5.81. The number of para-hydroxylation sites is 1. The van der Waals surface area contributed by atoms with Gasteiger partial charge in [0.15, 0.2) is 5.43 Å². The summed E-state index contributed by atoms with van der Waals surface area (Å²) < 4.78 is 6.00. The number of carbonyl (C=O) groups excluding carboxylic acids is 1. The number of aliphatic hydroxyl groups is 1. The Kier molecular flexibility index (Phi) is 5.51. The molecule has 0 aliphatic carbocycles. The smallest absolute Gasteiger partial charge is 0.229 e. The van der Waals surface area contributed by atoms with Gasteiger partial charge in [0.05, 0.1) is 17.7 Å². The van der Waals surface area contributed by atoms with Crippen LogP contribution in [0.4, 0.5) is 11.4 Å². The first-order valence-corrected chi connectivity index (χ1v) is 9.13. The zero-order chi connectivity index (χ0) is 20.3. The van der Waals surface area contributed by atoms with E-state index in [4.69, 9.17) is 9.52 Å². The van der Waals surface area contributed by atoms with Gasteiger partial charge < -0.3 is 20.2 Å². The number of hydrogen-bond acceptors (Lipinski definition) is 5. The molecule has 1 aromatic heterocycles. The predicted molar refractivity (Wildman–Crippen MR) is 112 cm³/mol. The van der Waals surface area contributed by atoms with Gasteiger partial charge >= 0.3 is 0 Å². The van der Waals surface area contributed by atoms with Crippen molar-refractivity contribution in [3.8, 4) is 11.3 Å². The molecule has 0 saturated carbocycles. The van der Waals surface area contributed by atoms with Crippen LogP contribution in [0.25, 0.3) is 22.3 Å². The second-order valence-electron chi connectivity index (χ2n) is 7.55. The highest BCUT2D eigenvalue weighted by Crippen LogP contribution is 2.31. The van der Waals surface area contributed by atoms with Gasteiger partial charge in [-0.1, -0.05) is 39.0 Å². The van der Waals surface area contributed by atoms with Gasteiger partial charge in [-0.25, -0.2) is 0 Å². The number of aliphatic hydroxyl groups excluding tert-OH is 1. The summed E-state index contributed by atoms with van der Waals surface area (Å²) in [6, 6.07) is 14.0. The van der Waals surface area contributed by atoms with Gasteiger partial charge in [-0.05, 0) is 24.3 Å². The average Bonchev–Trinajstić information content (AvgIpc) is 2.65. The fourth-order valence-electron chi connectivity index (χ4n) is 2.80. The molecule has 0 spiro atoms. The lowest BCUT2D eigenvalue weighted by molar-refractivity contribution is -0.123. The summed E-state index contributed by atoms with van der Waals surface area (Å²) in [6.07, 6.45) is 0. The second-order valence-corrected chi connectivity index (χ2v) is 7.55. The molecule has 6 nitrogen and oxygen atoms in total. The molecule has 3 aromatic rings. The standard InChI is InChI=1S/C22H24N2O4/c1-22(2,3)21(27)24-16-9-6-10-18-20(16)17(26)13-19(28-18)14-7-4-5-8-15(14)23-11-12-25/h4-10,13,23,25H,11-12H2,1-3H3,(H,24,27). The molecule has 0 saturated heterocycles. The van der Waals surface area contributed by atoms with Crippen LogP contribution in [0.1, 0.15) is 20.8 Å². The SMILES string of the molecule is CC(C)(C)C(=O)Nc1cccc2oc(-c3ccccc3NCCO)cc(=O)c12. The first-order valence-electron chi connectivity index (χ1n) is 9.13. The number of nitrogens with one attached hydrogen (secondary N) is 2. The molecule has 146 valence electrons. The van der Waals surface area contributed by atoms with E-state index in [0.29, 0.717) is 29.0 Å². The molecule has 0 radical (unpaired) electrons. The van der Waals surface area contributed by atoms with E-state index in [-0.39, 0.29) is 17.9 Å². The molecule has 0 unspecified atom stereocenters. The van der Waals surface area contributed by atoms with Crippen molar-refractivity contribution in [1.82, 2.24) is 0 Å². The Morgan fingerprint density at radius 2 is 1.79 bits per heavy atom. The minimum absolute atomic E-state index is 0.00711. The minimum atomic E-state index is -0.584. The third-order valence-electron chi connectivity index (χ3n) is 4.30. The quantitative estimate of drug-likeness (QED) is 0.625. The van der Waals surface area contributed by atoms with E-state index in [0.717, 1.165) is 11.3 Å². The average molecular weight is 380 g/mol.